The number of fused-ring (bicyclic) bond motifs is 1. The standard InChI is InChI=1S/C22H34N2O3/c25-11-8-20-17-23(9-10-24(20)16-18-4-2-1-3-5-18)15-19-6-7-21-22(14-19)27-13-12-26-21/h6-7,14,18,20,25H,1-5,8-13,15-17H2/t20-/m1/s1. The van der Waals surface area contributed by atoms with E-state index in [9.17, 15) is 5.11 Å². The van der Waals surface area contributed by atoms with Gasteiger partial charge >= 0.3 is 0 Å². The third-order valence-corrected chi connectivity index (χ3v) is 6.38. The first kappa shape index (κ1) is 19.0. The molecule has 1 aliphatic carbocycles. The van der Waals surface area contributed by atoms with Crippen molar-refractivity contribution in [3.05, 3.63) is 23.8 Å². The Bertz CT molecular complexity index is 603. The van der Waals surface area contributed by atoms with Crippen molar-refractivity contribution in [2.24, 2.45) is 5.92 Å². The highest BCUT2D eigenvalue weighted by atomic mass is 16.6. The fourth-order valence-corrected chi connectivity index (χ4v) is 4.91. The zero-order valence-corrected chi connectivity index (χ0v) is 16.4. The monoisotopic (exact) mass is 374 g/mol. The molecule has 5 heteroatoms. The fraction of sp³-hybridized carbons (Fsp3) is 0.727. The van der Waals surface area contributed by atoms with Gasteiger partial charge in [0.25, 0.3) is 0 Å². The predicted molar refractivity (Wildman–Crippen MR) is 106 cm³/mol. The lowest BCUT2D eigenvalue weighted by Crippen LogP contribution is -2.54. The highest BCUT2D eigenvalue weighted by Gasteiger charge is 2.29. The van der Waals surface area contributed by atoms with E-state index >= 15 is 0 Å². The van der Waals surface area contributed by atoms with Crippen molar-refractivity contribution in [2.45, 2.75) is 51.1 Å². The van der Waals surface area contributed by atoms with Crippen LogP contribution in [0.15, 0.2) is 18.2 Å². The average Bonchev–Trinajstić information content (AvgIpc) is 2.71. The molecule has 1 N–H and O–H groups in total. The summed E-state index contributed by atoms with van der Waals surface area (Å²) in [6.07, 6.45) is 7.88. The summed E-state index contributed by atoms with van der Waals surface area (Å²) in [5, 5.41) is 9.57. The molecule has 150 valence electrons. The van der Waals surface area contributed by atoms with E-state index in [2.05, 4.69) is 21.9 Å². The van der Waals surface area contributed by atoms with E-state index in [-0.39, 0.29) is 6.61 Å². The van der Waals surface area contributed by atoms with E-state index in [1.54, 1.807) is 0 Å². The first-order valence-corrected chi connectivity index (χ1v) is 10.8. The van der Waals surface area contributed by atoms with Crippen molar-refractivity contribution < 1.29 is 14.6 Å². The van der Waals surface area contributed by atoms with E-state index in [1.165, 1.54) is 44.2 Å². The minimum absolute atomic E-state index is 0.281. The molecule has 3 aliphatic rings. The molecule has 4 rings (SSSR count). The highest BCUT2D eigenvalue weighted by molar-refractivity contribution is 5.43. The second kappa shape index (κ2) is 9.26. The normalized spacial score (nSPS) is 24.9. The Hall–Kier alpha value is -1.30. The van der Waals surface area contributed by atoms with Crippen LogP contribution >= 0.6 is 0 Å². The molecule has 0 amide bonds. The lowest BCUT2D eigenvalue weighted by Gasteiger charge is -2.43. The van der Waals surface area contributed by atoms with E-state index in [1.807, 2.05) is 6.07 Å². The first-order chi connectivity index (χ1) is 13.3. The van der Waals surface area contributed by atoms with Gasteiger partial charge in [-0.2, -0.15) is 0 Å². The third-order valence-electron chi connectivity index (χ3n) is 6.38. The summed E-state index contributed by atoms with van der Waals surface area (Å²) in [6, 6.07) is 6.80. The number of benzene rings is 1. The summed E-state index contributed by atoms with van der Waals surface area (Å²) in [6.45, 7) is 6.98. The number of aliphatic hydroxyl groups is 1. The number of nitrogens with zero attached hydrogens (tertiary/aromatic N) is 2. The van der Waals surface area contributed by atoms with Crippen molar-refractivity contribution in [3.8, 4) is 11.5 Å². The number of piperazine rings is 1. The van der Waals surface area contributed by atoms with Crippen molar-refractivity contribution in [1.82, 2.24) is 9.80 Å². The Morgan fingerprint density at radius 3 is 2.63 bits per heavy atom. The number of ether oxygens (including phenoxy) is 2. The van der Waals surface area contributed by atoms with Crippen LogP contribution in [-0.2, 0) is 6.54 Å². The molecule has 2 aliphatic heterocycles. The van der Waals surface area contributed by atoms with Crippen LogP contribution in [0, 0.1) is 5.92 Å². The zero-order valence-electron chi connectivity index (χ0n) is 16.4. The Labute approximate surface area is 163 Å². The lowest BCUT2D eigenvalue weighted by molar-refractivity contribution is 0.0400. The number of rotatable bonds is 6. The van der Waals surface area contributed by atoms with E-state index in [4.69, 9.17) is 9.47 Å². The molecule has 27 heavy (non-hydrogen) atoms. The summed E-state index contributed by atoms with van der Waals surface area (Å²) in [5.74, 6) is 2.60. The number of hydrogen-bond acceptors (Lipinski definition) is 5. The van der Waals surface area contributed by atoms with Crippen molar-refractivity contribution in [2.75, 3.05) is 46.0 Å². The smallest absolute Gasteiger partial charge is 0.161 e. The fourth-order valence-electron chi connectivity index (χ4n) is 4.91. The SMILES string of the molecule is OCC[C@@H]1CN(Cc2ccc3c(c2)OCCO3)CCN1CC1CCCCC1. The Morgan fingerprint density at radius 2 is 1.81 bits per heavy atom. The molecule has 0 spiro atoms. The van der Waals surface area contributed by atoms with Crippen molar-refractivity contribution >= 4 is 0 Å². The maximum atomic E-state index is 9.57. The van der Waals surface area contributed by atoms with Gasteiger partial charge in [0.1, 0.15) is 13.2 Å². The molecule has 1 atom stereocenters. The van der Waals surface area contributed by atoms with Gasteiger partial charge in [0.05, 0.1) is 0 Å². The van der Waals surface area contributed by atoms with E-state index in [0.717, 1.165) is 50.0 Å². The predicted octanol–water partition coefficient (Wildman–Crippen LogP) is 2.91. The molecule has 0 bridgehead atoms. The number of hydrogen-bond donors (Lipinski definition) is 1. The average molecular weight is 375 g/mol. The van der Waals surface area contributed by atoms with Crippen molar-refractivity contribution in [3.63, 3.8) is 0 Å². The molecule has 0 radical (unpaired) electrons. The molecule has 0 aromatic heterocycles. The Morgan fingerprint density at radius 1 is 1.00 bits per heavy atom. The molecule has 2 heterocycles. The maximum absolute atomic E-state index is 9.57. The van der Waals surface area contributed by atoms with Crippen LogP contribution < -0.4 is 9.47 Å². The van der Waals surface area contributed by atoms with Crippen LogP contribution in [0.1, 0.15) is 44.1 Å². The van der Waals surface area contributed by atoms with Crippen molar-refractivity contribution in [1.29, 1.82) is 0 Å². The Kier molecular flexibility index (Phi) is 6.53. The van der Waals surface area contributed by atoms with Gasteiger partial charge in [-0.3, -0.25) is 9.80 Å². The van der Waals surface area contributed by atoms with Crippen LogP contribution in [0.5, 0.6) is 11.5 Å². The van der Waals surface area contributed by atoms with Gasteiger partial charge in [-0.1, -0.05) is 25.3 Å². The summed E-state index contributed by atoms with van der Waals surface area (Å²) in [5.41, 5.74) is 1.28. The van der Waals surface area contributed by atoms with E-state index in [0.29, 0.717) is 19.3 Å². The van der Waals surface area contributed by atoms with Gasteiger partial charge < -0.3 is 14.6 Å². The van der Waals surface area contributed by atoms with Gasteiger partial charge in [-0.05, 0) is 42.9 Å². The lowest BCUT2D eigenvalue weighted by atomic mass is 9.88. The van der Waals surface area contributed by atoms with Crippen LogP contribution in [0.3, 0.4) is 0 Å². The van der Waals surface area contributed by atoms with E-state index < -0.39 is 0 Å². The Balaban J connectivity index is 1.35. The largest absolute Gasteiger partial charge is 0.486 e. The van der Waals surface area contributed by atoms with Gasteiger partial charge in [-0.25, -0.2) is 0 Å². The molecular formula is C22H34N2O3. The van der Waals surface area contributed by atoms with Crippen LogP contribution in [0.25, 0.3) is 0 Å². The molecule has 1 saturated carbocycles. The summed E-state index contributed by atoms with van der Waals surface area (Å²) in [7, 11) is 0. The highest BCUT2D eigenvalue weighted by Crippen LogP contribution is 2.31. The maximum Gasteiger partial charge on any atom is 0.161 e. The second-order valence-electron chi connectivity index (χ2n) is 8.38. The summed E-state index contributed by atoms with van der Waals surface area (Å²) in [4.78, 5) is 5.19. The molecule has 1 aromatic rings. The molecule has 2 fully saturated rings. The van der Waals surface area contributed by atoms with Gasteiger partial charge in [0, 0.05) is 45.4 Å². The summed E-state index contributed by atoms with van der Waals surface area (Å²) >= 11 is 0. The molecule has 0 unspecified atom stereocenters. The quantitative estimate of drug-likeness (QED) is 0.830. The van der Waals surface area contributed by atoms with Crippen LogP contribution in [-0.4, -0.2) is 66.9 Å². The first-order valence-electron chi connectivity index (χ1n) is 10.8. The zero-order chi connectivity index (χ0) is 18.5. The number of aliphatic hydroxyl groups excluding tert-OH is 1. The molecule has 1 aromatic carbocycles. The van der Waals surface area contributed by atoms with Crippen LogP contribution in [0.2, 0.25) is 0 Å². The van der Waals surface area contributed by atoms with Gasteiger partial charge in [-0.15, -0.1) is 0 Å². The van der Waals surface area contributed by atoms with Gasteiger partial charge in [0.15, 0.2) is 11.5 Å². The molecule has 5 nitrogen and oxygen atoms in total. The molecular weight excluding hydrogens is 340 g/mol. The second-order valence-corrected chi connectivity index (χ2v) is 8.38. The van der Waals surface area contributed by atoms with Crippen LogP contribution in [0.4, 0.5) is 0 Å². The van der Waals surface area contributed by atoms with Gasteiger partial charge in [0.2, 0.25) is 0 Å². The topological polar surface area (TPSA) is 45.2 Å². The summed E-state index contributed by atoms with van der Waals surface area (Å²) < 4.78 is 11.4. The minimum atomic E-state index is 0.281. The minimum Gasteiger partial charge on any atom is -0.486 e. The third kappa shape index (κ3) is 4.95. The molecule has 1 saturated heterocycles.